The van der Waals surface area contributed by atoms with E-state index in [2.05, 4.69) is 4.98 Å². The Bertz CT molecular complexity index is 374. The van der Waals surface area contributed by atoms with E-state index in [0.717, 1.165) is 6.42 Å². The average molecular weight is 270 g/mol. The second kappa shape index (κ2) is 8.79. The summed E-state index contributed by atoms with van der Waals surface area (Å²) >= 11 is 4.92. The molecule has 6 heteroatoms. The molecule has 0 unspecified atom stereocenters. The maximum Gasteiger partial charge on any atom is 0.147 e. The lowest BCUT2D eigenvalue weighted by atomic mass is 10.2. The monoisotopic (exact) mass is 270 g/mol. The highest BCUT2D eigenvalue weighted by molar-refractivity contribution is 7.80. The van der Waals surface area contributed by atoms with Gasteiger partial charge in [0, 0.05) is 26.5 Å². The van der Waals surface area contributed by atoms with Crippen LogP contribution < -0.4 is 10.5 Å². The molecule has 0 spiro atoms. The number of rotatable bonds is 9. The van der Waals surface area contributed by atoms with Crippen LogP contribution in [0.15, 0.2) is 18.5 Å². The fourth-order valence-electron chi connectivity index (χ4n) is 1.32. The van der Waals surface area contributed by atoms with Crippen LogP contribution >= 0.6 is 12.2 Å². The van der Waals surface area contributed by atoms with Crippen molar-refractivity contribution in [3.05, 3.63) is 24.0 Å². The van der Waals surface area contributed by atoms with Gasteiger partial charge in [0.25, 0.3) is 0 Å². The lowest BCUT2D eigenvalue weighted by Crippen LogP contribution is -2.14. The number of methoxy groups -OCH3 is 1. The summed E-state index contributed by atoms with van der Waals surface area (Å²) in [7, 11) is 1.67. The third-order valence-corrected chi connectivity index (χ3v) is 2.39. The third-order valence-electron chi connectivity index (χ3n) is 2.17. The molecule has 0 atom stereocenters. The summed E-state index contributed by atoms with van der Waals surface area (Å²) in [6.07, 6.45) is 4.10. The second-order valence-electron chi connectivity index (χ2n) is 3.54. The van der Waals surface area contributed by atoms with E-state index in [1.165, 1.54) is 0 Å². The molecule has 0 radical (unpaired) electrons. The first-order valence-electron chi connectivity index (χ1n) is 5.69. The molecule has 0 amide bonds. The van der Waals surface area contributed by atoms with Gasteiger partial charge in [-0.15, -0.1) is 0 Å². The summed E-state index contributed by atoms with van der Waals surface area (Å²) in [4.78, 5) is 4.27. The topological polar surface area (TPSA) is 66.6 Å². The first kappa shape index (κ1) is 14.8. The average Bonchev–Trinajstić information content (AvgIpc) is 2.38. The van der Waals surface area contributed by atoms with E-state index in [1.807, 2.05) is 0 Å². The van der Waals surface area contributed by atoms with E-state index in [9.17, 15) is 0 Å². The molecule has 0 fully saturated rings. The number of hydrogen-bond donors (Lipinski definition) is 1. The van der Waals surface area contributed by atoms with Gasteiger partial charge in [0.05, 0.1) is 18.4 Å². The van der Waals surface area contributed by atoms with Crippen molar-refractivity contribution in [2.75, 3.05) is 33.5 Å². The standard InChI is InChI=1S/C12H18N2O3S/c1-15-5-2-6-16-7-8-17-11-9-14-4-3-10(11)12(13)18/h3-4,9H,2,5-8H2,1H3,(H2,13,18). The summed E-state index contributed by atoms with van der Waals surface area (Å²) < 4.78 is 15.8. The van der Waals surface area contributed by atoms with E-state index in [4.69, 9.17) is 32.2 Å². The Labute approximate surface area is 112 Å². The van der Waals surface area contributed by atoms with Gasteiger partial charge in [0.2, 0.25) is 0 Å². The second-order valence-corrected chi connectivity index (χ2v) is 3.98. The highest BCUT2D eigenvalue weighted by atomic mass is 32.1. The van der Waals surface area contributed by atoms with Crippen LogP contribution in [-0.4, -0.2) is 43.5 Å². The molecule has 0 aromatic carbocycles. The van der Waals surface area contributed by atoms with Gasteiger partial charge in [0.1, 0.15) is 17.3 Å². The van der Waals surface area contributed by atoms with Crippen molar-refractivity contribution >= 4 is 17.2 Å². The van der Waals surface area contributed by atoms with Crippen LogP contribution in [-0.2, 0) is 9.47 Å². The molecule has 18 heavy (non-hydrogen) atoms. The summed E-state index contributed by atoms with van der Waals surface area (Å²) in [6.45, 7) is 2.31. The highest BCUT2D eigenvalue weighted by Gasteiger charge is 2.05. The van der Waals surface area contributed by atoms with Crippen molar-refractivity contribution in [2.24, 2.45) is 5.73 Å². The molecule has 0 aliphatic rings. The molecule has 1 rings (SSSR count). The van der Waals surface area contributed by atoms with Crippen molar-refractivity contribution in [3.63, 3.8) is 0 Å². The van der Waals surface area contributed by atoms with E-state index in [-0.39, 0.29) is 0 Å². The Hall–Kier alpha value is -1.24. The van der Waals surface area contributed by atoms with Gasteiger partial charge in [0.15, 0.2) is 0 Å². The van der Waals surface area contributed by atoms with E-state index < -0.39 is 0 Å². The van der Waals surface area contributed by atoms with Crippen molar-refractivity contribution in [1.82, 2.24) is 4.98 Å². The fraction of sp³-hybridized carbons (Fsp3) is 0.500. The number of ether oxygens (including phenoxy) is 3. The molecule has 0 bridgehead atoms. The van der Waals surface area contributed by atoms with E-state index >= 15 is 0 Å². The molecule has 1 heterocycles. The quantitative estimate of drug-likeness (QED) is 0.536. The zero-order valence-corrected chi connectivity index (χ0v) is 11.2. The van der Waals surface area contributed by atoms with Crippen LogP contribution in [0.3, 0.4) is 0 Å². The number of hydrogen-bond acceptors (Lipinski definition) is 5. The molecule has 2 N–H and O–H groups in total. The van der Waals surface area contributed by atoms with Gasteiger partial charge in [-0.3, -0.25) is 4.98 Å². The number of nitrogens with zero attached hydrogens (tertiary/aromatic N) is 1. The van der Waals surface area contributed by atoms with Crippen LogP contribution in [0.5, 0.6) is 5.75 Å². The first-order chi connectivity index (χ1) is 8.75. The minimum Gasteiger partial charge on any atom is -0.489 e. The zero-order chi connectivity index (χ0) is 13.2. The molecule has 1 aromatic rings. The highest BCUT2D eigenvalue weighted by Crippen LogP contribution is 2.15. The number of thiocarbonyl (C=S) groups is 1. The third kappa shape index (κ3) is 5.39. The van der Waals surface area contributed by atoms with Gasteiger partial charge in [-0.1, -0.05) is 12.2 Å². The number of nitrogens with two attached hydrogens (primary N) is 1. The number of pyridine rings is 1. The molecule has 1 aromatic heterocycles. The molecule has 0 aliphatic carbocycles. The first-order valence-corrected chi connectivity index (χ1v) is 6.10. The van der Waals surface area contributed by atoms with Crippen LogP contribution in [0, 0.1) is 0 Å². The molecule has 0 saturated heterocycles. The van der Waals surface area contributed by atoms with Gasteiger partial charge >= 0.3 is 0 Å². The Morgan fingerprint density at radius 3 is 2.89 bits per heavy atom. The molecular weight excluding hydrogens is 252 g/mol. The van der Waals surface area contributed by atoms with Gasteiger partial charge in [-0.05, 0) is 12.5 Å². The zero-order valence-electron chi connectivity index (χ0n) is 10.4. The summed E-state index contributed by atoms with van der Waals surface area (Å²) in [5.41, 5.74) is 6.27. The minimum atomic E-state index is 0.299. The lowest BCUT2D eigenvalue weighted by molar-refractivity contribution is 0.0805. The van der Waals surface area contributed by atoms with Gasteiger partial charge < -0.3 is 19.9 Å². The predicted octanol–water partition coefficient (Wildman–Crippen LogP) is 1.15. The molecule has 0 saturated carbocycles. The van der Waals surface area contributed by atoms with Gasteiger partial charge in [-0.25, -0.2) is 0 Å². The SMILES string of the molecule is COCCCOCCOc1cnccc1C(N)=S. The van der Waals surface area contributed by atoms with Crippen LogP contribution in [0.1, 0.15) is 12.0 Å². The molecule has 5 nitrogen and oxygen atoms in total. The van der Waals surface area contributed by atoms with E-state index in [1.54, 1.807) is 25.6 Å². The smallest absolute Gasteiger partial charge is 0.147 e. The molecular formula is C12H18N2O3S. The van der Waals surface area contributed by atoms with Crippen LogP contribution in [0.25, 0.3) is 0 Å². The molecule has 0 aliphatic heterocycles. The Kier molecular flexibility index (Phi) is 7.24. The normalized spacial score (nSPS) is 10.3. The van der Waals surface area contributed by atoms with Crippen molar-refractivity contribution in [2.45, 2.75) is 6.42 Å². The number of aromatic nitrogens is 1. The Morgan fingerprint density at radius 1 is 1.33 bits per heavy atom. The Balaban J connectivity index is 2.25. The summed E-state index contributed by atoms with van der Waals surface area (Å²) in [5, 5.41) is 0. The maximum absolute atomic E-state index is 5.58. The lowest BCUT2D eigenvalue weighted by Gasteiger charge is -2.10. The predicted molar refractivity (Wildman–Crippen MR) is 72.9 cm³/mol. The maximum atomic E-state index is 5.58. The minimum absolute atomic E-state index is 0.299. The Morgan fingerprint density at radius 2 is 2.17 bits per heavy atom. The molecule has 100 valence electrons. The summed E-state index contributed by atoms with van der Waals surface area (Å²) in [5.74, 6) is 0.588. The largest absolute Gasteiger partial charge is 0.489 e. The van der Waals surface area contributed by atoms with Gasteiger partial charge in [-0.2, -0.15) is 0 Å². The van der Waals surface area contributed by atoms with Crippen molar-refractivity contribution < 1.29 is 14.2 Å². The van der Waals surface area contributed by atoms with Crippen LogP contribution in [0.2, 0.25) is 0 Å². The van der Waals surface area contributed by atoms with Crippen molar-refractivity contribution in [3.8, 4) is 5.75 Å². The van der Waals surface area contributed by atoms with E-state index in [0.29, 0.717) is 42.7 Å². The fourth-order valence-corrected chi connectivity index (χ4v) is 1.49. The van der Waals surface area contributed by atoms with Crippen LogP contribution in [0.4, 0.5) is 0 Å². The van der Waals surface area contributed by atoms with Crippen molar-refractivity contribution in [1.29, 1.82) is 0 Å². The summed E-state index contributed by atoms with van der Waals surface area (Å²) in [6, 6.07) is 1.73.